The van der Waals surface area contributed by atoms with E-state index in [0.717, 1.165) is 23.1 Å². The number of amides is 2. The number of aromatic nitrogens is 1. The Hall–Kier alpha value is -3.60. The summed E-state index contributed by atoms with van der Waals surface area (Å²) in [5, 5.41) is 3.30. The average Bonchev–Trinajstić information content (AvgIpc) is 3.45. The van der Waals surface area contributed by atoms with E-state index in [-0.39, 0.29) is 5.39 Å². The van der Waals surface area contributed by atoms with Gasteiger partial charge in [-0.15, -0.1) is 13.2 Å². The molecule has 0 saturated carbocycles. The first-order chi connectivity index (χ1) is 18.1. The summed E-state index contributed by atoms with van der Waals surface area (Å²) in [4.78, 5) is 14.6. The van der Waals surface area contributed by atoms with E-state index in [1.807, 2.05) is 4.72 Å². The van der Waals surface area contributed by atoms with E-state index in [4.69, 9.17) is 4.52 Å². The maximum atomic E-state index is 15.2. The number of alkyl halides is 5. The number of sulfonamides is 1. The normalized spacial score (nSPS) is 21.2. The molecule has 2 atom stereocenters. The van der Waals surface area contributed by atoms with Crippen molar-refractivity contribution >= 4 is 32.8 Å². The molecule has 5 rings (SSSR count). The lowest BCUT2D eigenvalue weighted by Crippen LogP contribution is -2.51. The van der Waals surface area contributed by atoms with E-state index in [1.54, 1.807) is 0 Å². The molecule has 2 aromatic carbocycles. The largest absolute Gasteiger partial charge is 0.573 e. The number of carbonyl (C=O) groups excluding carboxylic acids is 1. The van der Waals surface area contributed by atoms with Gasteiger partial charge in [-0.3, -0.25) is 4.90 Å². The minimum absolute atomic E-state index is 0.338. The van der Waals surface area contributed by atoms with Crippen molar-refractivity contribution in [1.29, 1.82) is 0 Å². The lowest BCUT2D eigenvalue weighted by atomic mass is 9.99. The standard InChI is InChI=1S/C22H17F7N4O5S/c1-2-39(35,36)31-15-8-32-16(21(15,25)26)9-33(20(32)34)19-18-11(17-12(23)4-3-5-13(17)24)6-10(37-22(27,28)29)7-14(18)38-30-19/h3-7,15-16,31H,2,8-9H2,1H3/t15-,16-/m1/s1. The minimum Gasteiger partial charge on any atom is -0.406 e. The van der Waals surface area contributed by atoms with Crippen molar-refractivity contribution in [3.8, 4) is 16.9 Å². The maximum absolute atomic E-state index is 15.2. The van der Waals surface area contributed by atoms with Crippen molar-refractivity contribution in [2.75, 3.05) is 23.7 Å². The van der Waals surface area contributed by atoms with Crippen LogP contribution in [0.2, 0.25) is 0 Å². The van der Waals surface area contributed by atoms with E-state index in [2.05, 4.69) is 9.89 Å². The molecule has 2 aliphatic heterocycles. The van der Waals surface area contributed by atoms with Crippen molar-refractivity contribution in [2.24, 2.45) is 0 Å². The van der Waals surface area contributed by atoms with Crippen LogP contribution in [0.5, 0.6) is 5.75 Å². The topological polar surface area (TPSA) is 105 Å². The Morgan fingerprint density at radius 3 is 2.44 bits per heavy atom. The van der Waals surface area contributed by atoms with Gasteiger partial charge in [-0.1, -0.05) is 11.2 Å². The fraction of sp³-hybridized carbons (Fsp3) is 0.364. The number of nitrogens with zero attached hydrogens (tertiary/aromatic N) is 3. The molecule has 2 fully saturated rings. The number of halogens is 7. The summed E-state index contributed by atoms with van der Waals surface area (Å²) in [5.41, 5.74) is -1.82. The Labute approximate surface area is 215 Å². The van der Waals surface area contributed by atoms with Crippen molar-refractivity contribution in [3.05, 3.63) is 42.0 Å². The van der Waals surface area contributed by atoms with Gasteiger partial charge < -0.3 is 14.2 Å². The molecule has 3 aromatic rings. The second kappa shape index (κ2) is 8.97. The van der Waals surface area contributed by atoms with Gasteiger partial charge in [0, 0.05) is 18.2 Å². The Morgan fingerprint density at radius 1 is 1.18 bits per heavy atom. The highest BCUT2D eigenvalue weighted by molar-refractivity contribution is 7.89. The summed E-state index contributed by atoms with van der Waals surface area (Å²) < 4.78 is 133. The van der Waals surface area contributed by atoms with Crippen LogP contribution >= 0.6 is 0 Å². The van der Waals surface area contributed by atoms with Crippen molar-refractivity contribution in [3.63, 3.8) is 0 Å². The quantitative estimate of drug-likeness (QED) is 0.436. The Balaban J connectivity index is 1.60. The number of benzene rings is 2. The van der Waals surface area contributed by atoms with Crippen molar-refractivity contribution in [1.82, 2.24) is 14.8 Å². The monoisotopic (exact) mass is 582 g/mol. The van der Waals surface area contributed by atoms with E-state index < -0.39 is 99.2 Å². The third kappa shape index (κ3) is 4.62. The molecule has 17 heteroatoms. The van der Waals surface area contributed by atoms with Gasteiger partial charge in [0.2, 0.25) is 10.0 Å². The van der Waals surface area contributed by atoms with Gasteiger partial charge in [0.05, 0.1) is 23.2 Å². The van der Waals surface area contributed by atoms with Gasteiger partial charge in [-0.2, -0.15) is 0 Å². The van der Waals surface area contributed by atoms with Crippen molar-refractivity contribution in [2.45, 2.75) is 31.3 Å². The van der Waals surface area contributed by atoms with Gasteiger partial charge in [-0.05, 0) is 25.1 Å². The third-order valence-electron chi connectivity index (χ3n) is 6.45. The zero-order chi connectivity index (χ0) is 28.5. The van der Waals surface area contributed by atoms with Crippen LogP contribution in [-0.2, 0) is 10.0 Å². The van der Waals surface area contributed by atoms with Crippen molar-refractivity contribution < 1.29 is 53.2 Å². The lowest BCUT2D eigenvalue weighted by Gasteiger charge is -2.23. The van der Waals surface area contributed by atoms with Gasteiger partial charge in [0.15, 0.2) is 11.4 Å². The molecule has 0 bridgehead atoms. The predicted octanol–water partition coefficient (Wildman–Crippen LogP) is 4.24. The molecule has 210 valence electrons. The smallest absolute Gasteiger partial charge is 0.406 e. The number of fused-ring (bicyclic) bond motifs is 2. The molecule has 3 heterocycles. The number of ether oxygens (including phenoxy) is 1. The summed E-state index contributed by atoms with van der Waals surface area (Å²) in [6.45, 7) is -0.182. The molecule has 39 heavy (non-hydrogen) atoms. The first-order valence-electron chi connectivity index (χ1n) is 11.2. The van der Waals surface area contributed by atoms with Crippen LogP contribution in [0.4, 0.5) is 41.3 Å². The van der Waals surface area contributed by atoms with Gasteiger partial charge in [0.25, 0.3) is 5.92 Å². The third-order valence-corrected chi connectivity index (χ3v) is 7.85. The number of anilines is 1. The van der Waals surface area contributed by atoms with Gasteiger partial charge >= 0.3 is 12.4 Å². The average molecular weight is 582 g/mol. The molecular formula is C22H17F7N4O5S. The highest BCUT2D eigenvalue weighted by Gasteiger charge is 2.63. The number of carbonyl (C=O) groups is 1. The fourth-order valence-electron chi connectivity index (χ4n) is 4.68. The summed E-state index contributed by atoms with van der Waals surface area (Å²) in [6.07, 6.45) is -5.18. The van der Waals surface area contributed by atoms with Crippen LogP contribution < -0.4 is 14.4 Å². The zero-order valence-corrected chi connectivity index (χ0v) is 20.4. The molecule has 9 nitrogen and oxygen atoms in total. The van der Waals surface area contributed by atoms with E-state index >= 15 is 8.78 Å². The molecule has 1 aromatic heterocycles. The van der Waals surface area contributed by atoms with Crippen LogP contribution in [0, 0.1) is 11.6 Å². The predicted molar refractivity (Wildman–Crippen MR) is 121 cm³/mol. The minimum atomic E-state index is -5.18. The number of rotatable bonds is 6. The summed E-state index contributed by atoms with van der Waals surface area (Å²) in [7, 11) is -4.04. The lowest BCUT2D eigenvalue weighted by molar-refractivity contribution is -0.274. The fourth-order valence-corrected chi connectivity index (χ4v) is 5.51. The molecule has 1 N–H and O–H groups in total. The molecular weight excluding hydrogens is 565 g/mol. The van der Waals surface area contributed by atoms with E-state index in [1.165, 1.54) is 6.92 Å². The highest BCUT2D eigenvalue weighted by Crippen LogP contribution is 2.45. The Kier molecular flexibility index (Phi) is 6.21. The van der Waals surface area contributed by atoms with E-state index in [9.17, 15) is 35.2 Å². The molecule has 2 saturated heterocycles. The maximum Gasteiger partial charge on any atom is 0.573 e. The molecule has 2 amide bonds. The molecule has 2 aliphatic rings. The van der Waals surface area contributed by atoms with Gasteiger partial charge in [0.1, 0.15) is 29.5 Å². The van der Waals surface area contributed by atoms with Crippen LogP contribution in [0.15, 0.2) is 34.9 Å². The number of nitrogens with one attached hydrogen (secondary N) is 1. The van der Waals surface area contributed by atoms with Crippen LogP contribution in [0.25, 0.3) is 22.1 Å². The van der Waals surface area contributed by atoms with E-state index in [0.29, 0.717) is 17.0 Å². The highest BCUT2D eigenvalue weighted by atomic mass is 32.2. The summed E-state index contributed by atoms with van der Waals surface area (Å²) in [5.74, 6) is -7.95. The number of hydrogen-bond acceptors (Lipinski definition) is 6. The molecule has 0 aliphatic carbocycles. The molecule has 0 radical (unpaired) electrons. The van der Waals surface area contributed by atoms with Crippen LogP contribution in [-0.4, -0.2) is 67.7 Å². The second-order valence-corrected chi connectivity index (χ2v) is 10.8. The first kappa shape index (κ1) is 27.0. The number of hydrogen-bond donors (Lipinski definition) is 1. The van der Waals surface area contributed by atoms with Crippen LogP contribution in [0.3, 0.4) is 0 Å². The second-order valence-electron chi connectivity index (χ2n) is 8.80. The molecule has 0 spiro atoms. The first-order valence-corrected chi connectivity index (χ1v) is 12.9. The SMILES string of the molecule is CCS(=O)(=O)N[C@@H]1CN2C(=O)N(c3noc4cc(OC(F)(F)F)cc(-c5c(F)cccc5F)c34)C[C@@H]2C1(F)F. The zero-order valence-electron chi connectivity index (χ0n) is 19.6. The summed E-state index contributed by atoms with van der Waals surface area (Å²) >= 11 is 0. The number of urea groups is 1. The van der Waals surface area contributed by atoms with Gasteiger partial charge in [-0.25, -0.2) is 35.5 Å². The Morgan fingerprint density at radius 2 is 1.85 bits per heavy atom. The Bertz CT molecular complexity index is 1560. The van der Waals surface area contributed by atoms with Crippen LogP contribution in [0.1, 0.15) is 6.92 Å². The summed E-state index contributed by atoms with van der Waals surface area (Å²) in [6, 6.07) is -0.714. The molecule has 0 unspecified atom stereocenters.